The fourth-order valence-electron chi connectivity index (χ4n) is 1.76. The van der Waals surface area contributed by atoms with Crippen LogP contribution in [0.3, 0.4) is 0 Å². The van der Waals surface area contributed by atoms with Crippen LogP contribution in [-0.4, -0.2) is 45.0 Å². The van der Waals surface area contributed by atoms with E-state index in [4.69, 9.17) is 0 Å². The van der Waals surface area contributed by atoms with Gasteiger partial charge in [-0.05, 0) is 39.3 Å². The van der Waals surface area contributed by atoms with Gasteiger partial charge < -0.3 is 10.6 Å². The highest BCUT2D eigenvalue weighted by Crippen LogP contribution is 2.12. The van der Waals surface area contributed by atoms with Crippen LogP contribution in [0.1, 0.15) is 20.3 Å². The van der Waals surface area contributed by atoms with Gasteiger partial charge in [-0.25, -0.2) is 8.42 Å². The first-order valence-corrected chi connectivity index (χ1v) is 7.47. The lowest BCUT2D eigenvalue weighted by Crippen LogP contribution is -2.45. The molecule has 1 aliphatic heterocycles. The van der Waals surface area contributed by atoms with Gasteiger partial charge in [0, 0.05) is 12.3 Å². The second kappa shape index (κ2) is 5.14. The van der Waals surface area contributed by atoms with Gasteiger partial charge in [0.25, 0.3) is 0 Å². The summed E-state index contributed by atoms with van der Waals surface area (Å²) < 4.78 is 22.4. The molecule has 0 aromatic carbocycles. The van der Waals surface area contributed by atoms with Gasteiger partial charge in [-0.15, -0.1) is 0 Å². The van der Waals surface area contributed by atoms with Gasteiger partial charge in [0.05, 0.1) is 0 Å². The molecule has 0 aliphatic carbocycles. The predicted molar refractivity (Wildman–Crippen MR) is 62.9 cm³/mol. The molecule has 0 spiro atoms. The standard InChI is InChI=1S/C10H20N2O3S/c1-7(9-4-5-11-6-9)12-10(13)8(2)16(3,14)15/h7-9,11H,4-6H2,1-3H3,(H,12,13). The Morgan fingerprint density at radius 2 is 2.06 bits per heavy atom. The third-order valence-corrected chi connectivity index (χ3v) is 4.69. The van der Waals surface area contributed by atoms with Crippen LogP contribution in [0.4, 0.5) is 0 Å². The summed E-state index contributed by atoms with van der Waals surface area (Å²) in [4.78, 5) is 11.6. The molecule has 1 rings (SSSR count). The van der Waals surface area contributed by atoms with E-state index in [1.54, 1.807) is 0 Å². The highest BCUT2D eigenvalue weighted by atomic mass is 32.2. The summed E-state index contributed by atoms with van der Waals surface area (Å²) in [6.45, 7) is 5.19. The SMILES string of the molecule is CC(NC(=O)C(C)S(C)(=O)=O)C1CCNC1. The average molecular weight is 248 g/mol. The molecule has 0 bridgehead atoms. The molecule has 0 radical (unpaired) electrons. The predicted octanol–water partition coefficient (Wildman–Crippen LogP) is -0.466. The molecular weight excluding hydrogens is 228 g/mol. The maximum absolute atomic E-state index is 11.6. The van der Waals surface area contributed by atoms with E-state index in [0.29, 0.717) is 5.92 Å². The highest BCUT2D eigenvalue weighted by molar-refractivity contribution is 7.92. The molecule has 1 amide bonds. The molecule has 16 heavy (non-hydrogen) atoms. The third kappa shape index (κ3) is 3.45. The largest absolute Gasteiger partial charge is 0.352 e. The van der Waals surface area contributed by atoms with E-state index in [9.17, 15) is 13.2 Å². The van der Waals surface area contributed by atoms with Gasteiger partial charge in [-0.2, -0.15) is 0 Å². The summed E-state index contributed by atoms with van der Waals surface area (Å²) in [5.41, 5.74) is 0. The van der Waals surface area contributed by atoms with Crippen molar-refractivity contribution >= 4 is 15.7 Å². The van der Waals surface area contributed by atoms with E-state index in [1.165, 1.54) is 6.92 Å². The minimum absolute atomic E-state index is 0.0201. The van der Waals surface area contributed by atoms with E-state index in [2.05, 4.69) is 10.6 Å². The lowest BCUT2D eigenvalue weighted by atomic mass is 10.0. The van der Waals surface area contributed by atoms with E-state index in [-0.39, 0.29) is 6.04 Å². The second-order valence-corrected chi connectivity index (χ2v) is 6.89. The molecule has 0 saturated carbocycles. The molecule has 3 atom stereocenters. The van der Waals surface area contributed by atoms with Crippen molar-refractivity contribution in [3.05, 3.63) is 0 Å². The van der Waals surface area contributed by atoms with Gasteiger partial charge >= 0.3 is 0 Å². The van der Waals surface area contributed by atoms with Gasteiger partial charge in [-0.3, -0.25) is 4.79 Å². The van der Waals surface area contributed by atoms with Crippen molar-refractivity contribution in [1.82, 2.24) is 10.6 Å². The molecule has 0 aromatic heterocycles. The minimum Gasteiger partial charge on any atom is -0.352 e. The van der Waals surface area contributed by atoms with E-state index < -0.39 is 21.0 Å². The minimum atomic E-state index is -3.30. The van der Waals surface area contributed by atoms with Crippen molar-refractivity contribution < 1.29 is 13.2 Å². The highest BCUT2D eigenvalue weighted by Gasteiger charge is 2.28. The van der Waals surface area contributed by atoms with Crippen molar-refractivity contribution in [1.29, 1.82) is 0 Å². The molecule has 5 nitrogen and oxygen atoms in total. The van der Waals surface area contributed by atoms with Crippen LogP contribution in [0, 0.1) is 5.92 Å². The Morgan fingerprint density at radius 1 is 1.44 bits per heavy atom. The Labute approximate surface area is 96.9 Å². The van der Waals surface area contributed by atoms with Crippen molar-refractivity contribution in [2.45, 2.75) is 31.6 Å². The van der Waals surface area contributed by atoms with Gasteiger partial charge in [0.2, 0.25) is 5.91 Å². The summed E-state index contributed by atoms with van der Waals surface area (Å²) in [5.74, 6) is -0.00221. The monoisotopic (exact) mass is 248 g/mol. The second-order valence-electron chi connectivity index (χ2n) is 4.52. The van der Waals surface area contributed by atoms with Crippen LogP contribution in [-0.2, 0) is 14.6 Å². The third-order valence-electron chi connectivity index (χ3n) is 3.19. The van der Waals surface area contributed by atoms with Crippen molar-refractivity contribution in [3.63, 3.8) is 0 Å². The molecule has 1 heterocycles. The van der Waals surface area contributed by atoms with Crippen LogP contribution in [0.15, 0.2) is 0 Å². The summed E-state index contributed by atoms with van der Waals surface area (Å²) in [5, 5.41) is 5.02. The number of carbonyl (C=O) groups is 1. The Balaban J connectivity index is 2.50. The van der Waals surface area contributed by atoms with Crippen LogP contribution >= 0.6 is 0 Å². The quantitative estimate of drug-likeness (QED) is 0.705. The summed E-state index contributed by atoms with van der Waals surface area (Å²) in [6, 6.07) is 0.0201. The topological polar surface area (TPSA) is 75.3 Å². The number of hydrogen-bond acceptors (Lipinski definition) is 4. The molecule has 2 N–H and O–H groups in total. The summed E-state index contributed by atoms with van der Waals surface area (Å²) in [6.07, 6.45) is 2.10. The smallest absolute Gasteiger partial charge is 0.238 e. The first-order valence-electron chi connectivity index (χ1n) is 5.52. The van der Waals surface area contributed by atoms with Gasteiger partial charge in [-0.1, -0.05) is 0 Å². The molecule has 3 unspecified atom stereocenters. The normalized spacial score (nSPS) is 25.1. The van der Waals surface area contributed by atoms with E-state index in [0.717, 1.165) is 25.8 Å². The van der Waals surface area contributed by atoms with Crippen molar-refractivity contribution in [2.24, 2.45) is 5.92 Å². The molecule has 1 fully saturated rings. The summed E-state index contributed by atoms with van der Waals surface area (Å²) in [7, 11) is -3.30. The van der Waals surface area contributed by atoms with Crippen LogP contribution < -0.4 is 10.6 Å². The van der Waals surface area contributed by atoms with Crippen LogP contribution in [0.5, 0.6) is 0 Å². The van der Waals surface area contributed by atoms with Crippen LogP contribution in [0.2, 0.25) is 0 Å². The zero-order valence-electron chi connectivity index (χ0n) is 9.99. The fraction of sp³-hybridized carbons (Fsp3) is 0.900. The molecule has 6 heteroatoms. The zero-order chi connectivity index (χ0) is 12.3. The first-order chi connectivity index (χ1) is 7.32. The fourth-order valence-corrected chi connectivity index (χ4v) is 2.21. The Hall–Kier alpha value is -0.620. The van der Waals surface area contributed by atoms with Crippen molar-refractivity contribution in [2.75, 3.05) is 19.3 Å². The Bertz CT molecular complexity index is 347. The average Bonchev–Trinajstić information content (AvgIpc) is 2.67. The molecule has 94 valence electrons. The van der Waals surface area contributed by atoms with E-state index in [1.807, 2.05) is 6.92 Å². The number of amides is 1. The molecular formula is C10H20N2O3S. The Kier molecular flexibility index (Phi) is 4.32. The lowest BCUT2D eigenvalue weighted by Gasteiger charge is -2.21. The van der Waals surface area contributed by atoms with Gasteiger partial charge in [0.15, 0.2) is 9.84 Å². The number of sulfone groups is 1. The molecule has 0 aromatic rings. The van der Waals surface area contributed by atoms with Crippen molar-refractivity contribution in [3.8, 4) is 0 Å². The van der Waals surface area contributed by atoms with E-state index >= 15 is 0 Å². The molecule has 1 saturated heterocycles. The summed E-state index contributed by atoms with van der Waals surface area (Å²) >= 11 is 0. The number of rotatable bonds is 4. The maximum Gasteiger partial charge on any atom is 0.238 e. The first kappa shape index (κ1) is 13.4. The molecule has 1 aliphatic rings. The number of hydrogen-bond donors (Lipinski definition) is 2. The Morgan fingerprint density at radius 3 is 2.50 bits per heavy atom. The van der Waals surface area contributed by atoms with Gasteiger partial charge in [0.1, 0.15) is 5.25 Å². The van der Waals surface area contributed by atoms with Crippen LogP contribution in [0.25, 0.3) is 0 Å². The lowest BCUT2D eigenvalue weighted by molar-refractivity contribution is -0.121. The zero-order valence-corrected chi connectivity index (χ0v) is 10.8. The maximum atomic E-state index is 11.6. The number of nitrogens with one attached hydrogen (secondary N) is 2. The number of carbonyl (C=O) groups excluding carboxylic acids is 1.